The molecule has 0 spiro atoms. The molecule has 0 aliphatic rings. The molecule has 0 heterocycles. The van der Waals surface area contributed by atoms with Crippen molar-refractivity contribution in [2.45, 2.75) is 19.8 Å². The number of rotatable bonds is 5. The second-order valence-corrected chi connectivity index (χ2v) is 5.63. The summed E-state index contributed by atoms with van der Waals surface area (Å²) in [4.78, 5) is 2.19. The van der Waals surface area contributed by atoms with E-state index in [4.69, 9.17) is 0 Å². The number of fused-ring (bicyclic) bond motifs is 1. The van der Waals surface area contributed by atoms with E-state index in [0.29, 0.717) is 5.92 Å². The average molecular weight is 256 g/mol. The van der Waals surface area contributed by atoms with Gasteiger partial charge >= 0.3 is 0 Å². The number of hydrogen-bond donors (Lipinski definition) is 1. The lowest BCUT2D eigenvalue weighted by Gasteiger charge is -2.15. The predicted molar refractivity (Wildman–Crippen MR) is 85.1 cm³/mol. The summed E-state index contributed by atoms with van der Waals surface area (Å²) in [6, 6.07) is 13.1. The van der Waals surface area contributed by atoms with Gasteiger partial charge in [-0.3, -0.25) is 0 Å². The van der Waals surface area contributed by atoms with Gasteiger partial charge in [-0.1, -0.05) is 44.2 Å². The van der Waals surface area contributed by atoms with Gasteiger partial charge in [-0.15, -0.1) is 0 Å². The number of benzene rings is 2. The number of nitrogens with zero attached hydrogens (tertiary/aromatic N) is 1. The number of anilines is 1. The van der Waals surface area contributed by atoms with Crippen molar-refractivity contribution >= 4 is 16.5 Å². The lowest BCUT2D eigenvalue weighted by molar-refractivity contribution is 0.425. The largest absolute Gasteiger partial charge is 0.383 e. The quantitative estimate of drug-likeness (QED) is 0.871. The first kappa shape index (κ1) is 13.9. The fourth-order valence-electron chi connectivity index (χ4n) is 2.41. The Kier molecular flexibility index (Phi) is 4.43. The van der Waals surface area contributed by atoms with E-state index in [0.717, 1.165) is 13.1 Å². The van der Waals surface area contributed by atoms with E-state index >= 15 is 0 Å². The zero-order valence-electron chi connectivity index (χ0n) is 12.4. The predicted octanol–water partition coefficient (Wildman–Crippen LogP) is 3.94. The number of likely N-dealkylation sites (N-methyl/N-ethyl adjacent to an activating group) is 1. The van der Waals surface area contributed by atoms with E-state index in [9.17, 15) is 0 Å². The van der Waals surface area contributed by atoms with E-state index in [-0.39, 0.29) is 0 Å². The third-order valence-electron chi connectivity index (χ3n) is 3.45. The Balaban J connectivity index is 2.32. The molecule has 2 nitrogen and oxygen atoms in total. The van der Waals surface area contributed by atoms with Crippen LogP contribution in [0.5, 0.6) is 0 Å². The molecule has 0 atom stereocenters. The van der Waals surface area contributed by atoms with E-state index in [1.807, 2.05) is 0 Å². The minimum absolute atomic E-state index is 0.556. The zero-order valence-corrected chi connectivity index (χ0v) is 12.4. The van der Waals surface area contributed by atoms with Crippen LogP contribution in [-0.2, 0) is 0 Å². The van der Waals surface area contributed by atoms with Crippen molar-refractivity contribution in [3.05, 3.63) is 42.0 Å². The molecule has 0 amide bonds. The fourth-order valence-corrected chi connectivity index (χ4v) is 2.41. The van der Waals surface area contributed by atoms with Gasteiger partial charge in [0, 0.05) is 24.2 Å². The highest BCUT2D eigenvalue weighted by molar-refractivity contribution is 5.96. The van der Waals surface area contributed by atoms with Crippen molar-refractivity contribution in [2.24, 2.45) is 0 Å². The van der Waals surface area contributed by atoms with Crippen LogP contribution in [0.25, 0.3) is 10.8 Å². The summed E-state index contributed by atoms with van der Waals surface area (Å²) in [5, 5.41) is 6.24. The Morgan fingerprint density at radius 2 is 1.68 bits per heavy atom. The molecule has 1 N–H and O–H groups in total. The van der Waals surface area contributed by atoms with Gasteiger partial charge in [0.25, 0.3) is 0 Å². The first-order valence-corrected chi connectivity index (χ1v) is 7.00. The highest BCUT2D eigenvalue weighted by Gasteiger charge is 2.07. The third kappa shape index (κ3) is 3.27. The normalized spacial score (nSPS) is 11.5. The molecular formula is C17H24N2. The molecule has 0 saturated carbocycles. The van der Waals surface area contributed by atoms with Crippen molar-refractivity contribution in [3.8, 4) is 0 Å². The summed E-state index contributed by atoms with van der Waals surface area (Å²) in [5.74, 6) is 0.556. The van der Waals surface area contributed by atoms with E-state index in [1.54, 1.807) is 0 Å². The van der Waals surface area contributed by atoms with Crippen LogP contribution in [0.1, 0.15) is 25.3 Å². The molecule has 2 heteroatoms. The van der Waals surface area contributed by atoms with Gasteiger partial charge in [0.15, 0.2) is 0 Å². The van der Waals surface area contributed by atoms with Gasteiger partial charge in [-0.2, -0.15) is 0 Å². The zero-order chi connectivity index (χ0) is 13.8. The second kappa shape index (κ2) is 6.07. The topological polar surface area (TPSA) is 15.3 Å². The molecule has 102 valence electrons. The first-order chi connectivity index (χ1) is 9.09. The molecule has 0 unspecified atom stereocenters. The fraction of sp³-hybridized carbons (Fsp3) is 0.412. The summed E-state index contributed by atoms with van der Waals surface area (Å²) in [5.41, 5.74) is 2.66. The van der Waals surface area contributed by atoms with Gasteiger partial charge < -0.3 is 10.2 Å². The van der Waals surface area contributed by atoms with Crippen LogP contribution in [0, 0.1) is 0 Å². The van der Waals surface area contributed by atoms with Crippen LogP contribution in [0.4, 0.5) is 5.69 Å². The van der Waals surface area contributed by atoms with Crippen molar-refractivity contribution in [3.63, 3.8) is 0 Å². The minimum atomic E-state index is 0.556. The Labute approximate surface area is 116 Å². The molecule has 0 aromatic heterocycles. The SMILES string of the molecule is CC(C)c1cccc2c(NCCN(C)C)cccc12. The standard InChI is InChI=1S/C17H24N2/c1-13(2)14-7-5-9-16-15(14)8-6-10-17(16)18-11-12-19(3)4/h5-10,13,18H,11-12H2,1-4H3. The summed E-state index contributed by atoms with van der Waals surface area (Å²) in [6.45, 7) is 6.51. The molecule has 0 aliphatic carbocycles. The van der Waals surface area contributed by atoms with Gasteiger partial charge in [0.2, 0.25) is 0 Å². The number of hydrogen-bond acceptors (Lipinski definition) is 2. The van der Waals surface area contributed by atoms with E-state index in [2.05, 4.69) is 74.6 Å². The number of nitrogens with one attached hydrogen (secondary N) is 1. The molecule has 0 saturated heterocycles. The smallest absolute Gasteiger partial charge is 0.0420 e. The van der Waals surface area contributed by atoms with Crippen LogP contribution >= 0.6 is 0 Å². The maximum absolute atomic E-state index is 3.54. The molecule has 2 aromatic carbocycles. The highest BCUT2D eigenvalue weighted by Crippen LogP contribution is 2.29. The highest BCUT2D eigenvalue weighted by atomic mass is 15.1. The molecule has 2 rings (SSSR count). The van der Waals surface area contributed by atoms with Gasteiger partial charge in [-0.25, -0.2) is 0 Å². The lowest BCUT2D eigenvalue weighted by atomic mass is 9.95. The van der Waals surface area contributed by atoms with Crippen LogP contribution in [0.3, 0.4) is 0 Å². The summed E-state index contributed by atoms with van der Waals surface area (Å²) in [7, 11) is 4.20. The summed E-state index contributed by atoms with van der Waals surface area (Å²) in [6.07, 6.45) is 0. The third-order valence-corrected chi connectivity index (χ3v) is 3.45. The molecule has 0 radical (unpaired) electrons. The first-order valence-electron chi connectivity index (χ1n) is 7.00. The Morgan fingerprint density at radius 1 is 1.00 bits per heavy atom. The summed E-state index contributed by atoms with van der Waals surface area (Å²) < 4.78 is 0. The molecular weight excluding hydrogens is 232 g/mol. The summed E-state index contributed by atoms with van der Waals surface area (Å²) >= 11 is 0. The Hall–Kier alpha value is -1.54. The van der Waals surface area contributed by atoms with Crippen LogP contribution in [-0.4, -0.2) is 32.1 Å². The average Bonchev–Trinajstić information content (AvgIpc) is 2.37. The maximum Gasteiger partial charge on any atom is 0.0420 e. The second-order valence-electron chi connectivity index (χ2n) is 5.63. The molecule has 2 aromatic rings. The van der Waals surface area contributed by atoms with Gasteiger partial charge in [0.05, 0.1) is 0 Å². The van der Waals surface area contributed by atoms with Crippen molar-refractivity contribution < 1.29 is 0 Å². The van der Waals surface area contributed by atoms with Crippen molar-refractivity contribution in [1.82, 2.24) is 4.90 Å². The molecule has 0 fully saturated rings. The van der Waals surface area contributed by atoms with E-state index < -0.39 is 0 Å². The van der Waals surface area contributed by atoms with E-state index in [1.165, 1.54) is 22.0 Å². The lowest BCUT2D eigenvalue weighted by Crippen LogP contribution is -2.20. The van der Waals surface area contributed by atoms with Crippen molar-refractivity contribution in [2.75, 3.05) is 32.5 Å². The molecule has 19 heavy (non-hydrogen) atoms. The molecule has 0 aliphatic heterocycles. The van der Waals surface area contributed by atoms with Crippen LogP contribution in [0.15, 0.2) is 36.4 Å². The van der Waals surface area contributed by atoms with Gasteiger partial charge in [0.1, 0.15) is 0 Å². The van der Waals surface area contributed by atoms with Crippen LogP contribution in [0.2, 0.25) is 0 Å². The molecule has 0 bridgehead atoms. The Bertz CT molecular complexity index is 544. The van der Waals surface area contributed by atoms with Crippen molar-refractivity contribution in [1.29, 1.82) is 0 Å². The van der Waals surface area contributed by atoms with Gasteiger partial charge in [-0.05, 0) is 37.0 Å². The maximum atomic E-state index is 3.54. The minimum Gasteiger partial charge on any atom is -0.383 e. The Morgan fingerprint density at radius 3 is 2.37 bits per heavy atom. The van der Waals surface area contributed by atoms with Crippen LogP contribution < -0.4 is 5.32 Å². The monoisotopic (exact) mass is 256 g/mol.